The maximum atomic E-state index is 12.8. The molecule has 1 amide bonds. The molecule has 0 radical (unpaired) electrons. The van der Waals surface area contributed by atoms with Crippen molar-refractivity contribution < 1.29 is 23.9 Å². The van der Waals surface area contributed by atoms with Gasteiger partial charge in [0.1, 0.15) is 29.3 Å². The summed E-state index contributed by atoms with van der Waals surface area (Å²) in [5.74, 6) is -0.197. The van der Waals surface area contributed by atoms with Crippen LogP contribution in [0.5, 0.6) is 0 Å². The quantitative estimate of drug-likeness (QED) is 0.485. The number of hydrogen-bond donors (Lipinski definition) is 2. The summed E-state index contributed by atoms with van der Waals surface area (Å²) in [6, 6.07) is -0.466. The summed E-state index contributed by atoms with van der Waals surface area (Å²) >= 11 is 1.51. The number of fused-ring (bicyclic) bond motifs is 1. The second-order valence-electron chi connectivity index (χ2n) is 7.42. The second kappa shape index (κ2) is 8.60. The lowest BCUT2D eigenvalue weighted by atomic mass is 10.0. The van der Waals surface area contributed by atoms with Gasteiger partial charge >= 0.3 is 11.9 Å². The van der Waals surface area contributed by atoms with Crippen molar-refractivity contribution in [3.8, 4) is 0 Å². The summed E-state index contributed by atoms with van der Waals surface area (Å²) in [6.07, 6.45) is 0. The molecule has 1 fully saturated rings. The fraction of sp³-hybridized carbons (Fsp3) is 0.647. The molecule has 0 bridgehead atoms. The monoisotopic (exact) mass is 432 g/mol. The van der Waals surface area contributed by atoms with Crippen LogP contribution in [0.25, 0.3) is 0 Å². The van der Waals surface area contributed by atoms with Gasteiger partial charge in [-0.05, 0) is 20.8 Å². The maximum Gasteiger partial charge on any atom is 0.355 e. The van der Waals surface area contributed by atoms with Crippen LogP contribution in [0.2, 0.25) is 0 Å². The van der Waals surface area contributed by atoms with Gasteiger partial charge in [-0.15, -0.1) is 24.2 Å². The molecular formula is C17H25ClN4O5S. The highest BCUT2D eigenvalue weighted by atomic mass is 35.5. The lowest BCUT2D eigenvalue weighted by Crippen LogP contribution is -2.71. The lowest BCUT2D eigenvalue weighted by molar-refractivity contribution is -0.158. The highest BCUT2D eigenvalue weighted by molar-refractivity contribution is 8.00. The van der Waals surface area contributed by atoms with Crippen LogP contribution < -0.4 is 10.6 Å². The average Bonchev–Trinajstić information content (AvgIpc) is 3.08. The van der Waals surface area contributed by atoms with E-state index in [1.807, 2.05) is 0 Å². The number of esters is 2. The number of carbonyl (C=O) groups is 3. The highest BCUT2D eigenvalue weighted by Crippen LogP contribution is 2.41. The van der Waals surface area contributed by atoms with Crippen molar-refractivity contribution in [1.82, 2.24) is 15.5 Å². The van der Waals surface area contributed by atoms with Gasteiger partial charge in [-0.1, -0.05) is 0 Å². The molecule has 3 heterocycles. The zero-order valence-electron chi connectivity index (χ0n) is 16.2. The molecule has 9 nitrogen and oxygen atoms in total. The number of β-lactam (4-membered cyclic amide) rings is 1. The number of guanidine groups is 1. The van der Waals surface area contributed by atoms with Crippen molar-refractivity contribution in [2.24, 2.45) is 4.99 Å². The summed E-state index contributed by atoms with van der Waals surface area (Å²) in [5.41, 5.74) is 0.0493. The molecule has 3 aliphatic heterocycles. The van der Waals surface area contributed by atoms with E-state index in [1.165, 1.54) is 23.6 Å². The molecule has 0 aliphatic carbocycles. The third-order valence-corrected chi connectivity index (χ3v) is 5.40. The van der Waals surface area contributed by atoms with Gasteiger partial charge in [-0.3, -0.25) is 19.5 Å². The molecule has 3 aliphatic rings. The normalized spacial score (nSPS) is 23.6. The van der Waals surface area contributed by atoms with Gasteiger partial charge < -0.3 is 20.1 Å². The first-order valence-electron chi connectivity index (χ1n) is 8.75. The van der Waals surface area contributed by atoms with Crippen LogP contribution in [-0.4, -0.2) is 71.2 Å². The van der Waals surface area contributed by atoms with Gasteiger partial charge in [0.2, 0.25) is 0 Å². The third kappa shape index (κ3) is 4.72. The fourth-order valence-corrected chi connectivity index (χ4v) is 4.27. The van der Waals surface area contributed by atoms with E-state index >= 15 is 0 Å². The van der Waals surface area contributed by atoms with E-state index in [1.54, 1.807) is 20.8 Å². The van der Waals surface area contributed by atoms with E-state index in [2.05, 4.69) is 15.6 Å². The van der Waals surface area contributed by atoms with Crippen LogP contribution in [0.1, 0.15) is 27.7 Å². The van der Waals surface area contributed by atoms with Gasteiger partial charge in [-0.2, -0.15) is 0 Å². The van der Waals surface area contributed by atoms with Crippen molar-refractivity contribution in [3.05, 3.63) is 11.3 Å². The Morgan fingerprint density at radius 2 is 2.11 bits per heavy atom. The van der Waals surface area contributed by atoms with E-state index in [0.29, 0.717) is 23.8 Å². The van der Waals surface area contributed by atoms with Gasteiger partial charge in [0.25, 0.3) is 5.91 Å². The number of carbonyl (C=O) groups excluding carboxylic acids is 3. The van der Waals surface area contributed by atoms with Gasteiger partial charge in [0, 0.05) is 24.8 Å². The molecule has 2 N–H and O–H groups in total. The van der Waals surface area contributed by atoms with Gasteiger partial charge in [0.05, 0.1) is 6.54 Å². The molecule has 0 aromatic carbocycles. The van der Waals surface area contributed by atoms with Crippen LogP contribution in [0.15, 0.2) is 16.3 Å². The first-order chi connectivity index (χ1) is 12.7. The zero-order chi connectivity index (χ0) is 19.8. The Labute approximate surface area is 174 Å². The van der Waals surface area contributed by atoms with Crippen molar-refractivity contribution in [2.75, 3.05) is 25.4 Å². The molecule has 0 saturated carbocycles. The molecule has 0 spiro atoms. The SMILES string of the molecule is CC(=O)OCC1=C(C(=O)OC(C)(C)C)N2C(=O)C(NC3=NCCN3)[C@@H]2SC1.Cl. The number of amides is 1. The minimum absolute atomic E-state index is 0. The summed E-state index contributed by atoms with van der Waals surface area (Å²) < 4.78 is 10.6. The third-order valence-electron chi connectivity index (χ3n) is 4.06. The Morgan fingerprint density at radius 1 is 1.39 bits per heavy atom. The lowest BCUT2D eigenvalue weighted by Gasteiger charge is -2.50. The summed E-state index contributed by atoms with van der Waals surface area (Å²) in [4.78, 5) is 42.4. The van der Waals surface area contributed by atoms with Crippen LogP contribution in [0.4, 0.5) is 0 Å². The summed E-state index contributed by atoms with van der Waals surface area (Å²) in [6.45, 7) is 7.95. The molecule has 2 atom stereocenters. The summed E-state index contributed by atoms with van der Waals surface area (Å²) in [7, 11) is 0. The van der Waals surface area contributed by atoms with Crippen molar-refractivity contribution in [3.63, 3.8) is 0 Å². The number of rotatable bonds is 4. The highest BCUT2D eigenvalue weighted by Gasteiger charge is 2.54. The molecule has 28 heavy (non-hydrogen) atoms. The van der Waals surface area contributed by atoms with Crippen molar-refractivity contribution in [2.45, 2.75) is 44.7 Å². The van der Waals surface area contributed by atoms with Gasteiger partial charge in [-0.25, -0.2) is 4.79 Å². The number of ether oxygens (including phenoxy) is 2. The number of halogens is 1. The zero-order valence-corrected chi connectivity index (χ0v) is 17.9. The molecule has 156 valence electrons. The molecule has 0 aromatic heterocycles. The van der Waals surface area contributed by atoms with E-state index in [4.69, 9.17) is 9.47 Å². The van der Waals surface area contributed by atoms with Crippen molar-refractivity contribution in [1.29, 1.82) is 0 Å². The number of nitrogens with zero attached hydrogens (tertiary/aromatic N) is 2. The Morgan fingerprint density at radius 3 is 2.68 bits per heavy atom. The van der Waals surface area contributed by atoms with E-state index < -0.39 is 23.6 Å². The smallest absolute Gasteiger partial charge is 0.355 e. The average molecular weight is 433 g/mol. The standard InChI is InChI=1S/C17H24N4O5S.ClH/c1-9(22)25-7-10-8-27-14-11(20-16-18-5-6-19-16)13(23)21(14)12(10)15(24)26-17(2,3)4;/h11,14H,5-8H2,1-4H3,(H2,18,19,20);1H/t11?,14-;/m0./s1. The second-order valence-corrected chi connectivity index (χ2v) is 8.53. The maximum absolute atomic E-state index is 12.8. The van der Waals surface area contributed by atoms with Crippen LogP contribution in [-0.2, 0) is 23.9 Å². The first-order valence-corrected chi connectivity index (χ1v) is 9.80. The minimum Gasteiger partial charge on any atom is -0.461 e. The number of nitrogens with one attached hydrogen (secondary N) is 2. The molecule has 1 unspecified atom stereocenters. The van der Waals surface area contributed by atoms with E-state index in [9.17, 15) is 14.4 Å². The summed E-state index contributed by atoms with van der Waals surface area (Å²) in [5, 5.41) is 5.94. The topological polar surface area (TPSA) is 109 Å². The molecule has 1 saturated heterocycles. The van der Waals surface area contributed by atoms with Crippen LogP contribution in [0.3, 0.4) is 0 Å². The number of hydrogen-bond acceptors (Lipinski definition) is 9. The van der Waals surface area contributed by atoms with Crippen LogP contribution >= 0.6 is 24.2 Å². The Kier molecular flexibility index (Phi) is 6.87. The van der Waals surface area contributed by atoms with Crippen LogP contribution in [0, 0.1) is 0 Å². The number of thioether (sulfide) groups is 1. The predicted molar refractivity (Wildman–Crippen MR) is 107 cm³/mol. The molecule has 11 heteroatoms. The fourth-order valence-electron chi connectivity index (χ4n) is 2.94. The van der Waals surface area contributed by atoms with E-state index in [0.717, 1.165) is 6.54 Å². The molecule has 0 aromatic rings. The number of aliphatic imine (C=N–C) groups is 1. The largest absolute Gasteiger partial charge is 0.461 e. The van der Waals surface area contributed by atoms with E-state index in [-0.39, 0.29) is 36.0 Å². The molecular weight excluding hydrogens is 408 g/mol. The van der Waals surface area contributed by atoms with Gasteiger partial charge in [0.15, 0.2) is 5.96 Å². The Balaban J connectivity index is 0.00000280. The first kappa shape index (κ1) is 22.4. The minimum atomic E-state index is -0.704. The Bertz CT molecular complexity index is 734. The molecule has 3 rings (SSSR count). The van der Waals surface area contributed by atoms with Crippen molar-refractivity contribution >= 4 is 48.0 Å². The Hall–Kier alpha value is -1.94. The predicted octanol–water partition coefficient (Wildman–Crippen LogP) is 0.400.